The summed E-state index contributed by atoms with van der Waals surface area (Å²) < 4.78 is 0. The molecule has 0 aromatic carbocycles. The van der Waals surface area contributed by atoms with Crippen molar-refractivity contribution in [2.45, 2.75) is 129 Å². The summed E-state index contributed by atoms with van der Waals surface area (Å²) in [7, 11) is 3.92. The van der Waals surface area contributed by atoms with E-state index in [4.69, 9.17) is 4.84 Å². The Labute approximate surface area is 153 Å². The van der Waals surface area contributed by atoms with E-state index in [2.05, 4.69) is 13.8 Å². The molecule has 2 nitrogen and oxygen atoms in total. The quantitative estimate of drug-likeness (QED) is 0.178. The number of hydrogen-bond acceptors (Lipinski definition) is 2. The molecule has 0 rings (SSSR count). The molecular weight excluding hydrogens is 294 g/mol. The monoisotopic (exact) mass is 341 g/mol. The van der Waals surface area contributed by atoms with Crippen molar-refractivity contribution in [2.75, 3.05) is 14.1 Å². The second kappa shape index (κ2) is 19.2. The first-order chi connectivity index (χ1) is 11.7. The van der Waals surface area contributed by atoms with E-state index in [1.54, 1.807) is 0 Å². The number of rotatable bonds is 19. The largest absolute Gasteiger partial charge is 0.297 e. The van der Waals surface area contributed by atoms with E-state index in [9.17, 15) is 0 Å². The molecule has 1 atom stereocenters. The molecule has 0 aromatic heterocycles. The molecule has 0 saturated carbocycles. The fourth-order valence-electron chi connectivity index (χ4n) is 3.39. The molecule has 0 spiro atoms. The molecule has 24 heavy (non-hydrogen) atoms. The number of hydrogen-bond donors (Lipinski definition) is 0. The van der Waals surface area contributed by atoms with Gasteiger partial charge in [0.25, 0.3) is 0 Å². The highest BCUT2D eigenvalue weighted by Crippen LogP contribution is 2.14. The first kappa shape index (κ1) is 23.9. The average molecular weight is 342 g/mol. The van der Waals surface area contributed by atoms with Gasteiger partial charge in [0, 0.05) is 14.1 Å². The number of nitrogens with zero attached hydrogens (tertiary/aromatic N) is 1. The molecule has 146 valence electrons. The molecular formula is C22H47NO. The van der Waals surface area contributed by atoms with Gasteiger partial charge in [-0.2, -0.15) is 5.06 Å². The number of hydroxylamine groups is 2. The van der Waals surface area contributed by atoms with Crippen LogP contribution >= 0.6 is 0 Å². The van der Waals surface area contributed by atoms with Gasteiger partial charge < -0.3 is 0 Å². The molecule has 0 N–H and O–H groups in total. The van der Waals surface area contributed by atoms with Crippen LogP contribution in [0.2, 0.25) is 0 Å². The van der Waals surface area contributed by atoms with Crippen molar-refractivity contribution in [1.29, 1.82) is 0 Å². The van der Waals surface area contributed by atoms with Gasteiger partial charge in [-0.25, -0.2) is 0 Å². The van der Waals surface area contributed by atoms with E-state index in [0.29, 0.717) is 6.10 Å². The minimum Gasteiger partial charge on any atom is -0.297 e. The maximum absolute atomic E-state index is 5.61. The fourth-order valence-corrected chi connectivity index (χ4v) is 3.39. The lowest BCUT2D eigenvalue weighted by Gasteiger charge is -2.17. The van der Waals surface area contributed by atoms with E-state index in [0.717, 1.165) is 0 Å². The second-order valence-corrected chi connectivity index (χ2v) is 7.82. The molecule has 0 heterocycles. The van der Waals surface area contributed by atoms with Crippen molar-refractivity contribution in [1.82, 2.24) is 5.06 Å². The molecule has 0 bridgehead atoms. The fraction of sp³-hybridized carbons (Fsp3) is 1.00. The van der Waals surface area contributed by atoms with Crippen LogP contribution in [0.1, 0.15) is 123 Å². The van der Waals surface area contributed by atoms with Crippen molar-refractivity contribution in [3.63, 3.8) is 0 Å². The zero-order valence-electron chi connectivity index (χ0n) is 17.5. The topological polar surface area (TPSA) is 12.5 Å². The van der Waals surface area contributed by atoms with Crippen LogP contribution < -0.4 is 0 Å². The summed E-state index contributed by atoms with van der Waals surface area (Å²) in [5, 5.41) is 1.82. The Kier molecular flexibility index (Phi) is 19.2. The lowest BCUT2D eigenvalue weighted by molar-refractivity contribution is -0.160. The average Bonchev–Trinajstić information content (AvgIpc) is 2.53. The molecule has 2 heteroatoms. The van der Waals surface area contributed by atoms with Gasteiger partial charge in [0.1, 0.15) is 0 Å². The van der Waals surface area contributed by atoms with Gasteiger partial charge in [-0.1, -0.05) is 110 Å². The molecule has 0 radical (unpaired) electrons. The predicted molar refractivity (Wildman–Crippen MR) is 108 cm³/mol. The highest BCUT2D eigenvalue weighted by atomic mass is 16.7. The van der Waals surface area contributed by atoms with Gasteiger partial charge >= 0.3 is 0 Å². The van der Waals surface area contributed by atoms with Gasteiger partial charge in [-0.15, -0.1) is 0 Å². The zero-order valence-corrected chi connectivity index (χ0v) is 17.5. The van der Waals surface area contributed by atoms with Crippen LogP contribution in [-0.4, -0.2) is 25.3 Å². The Balaban J connectivity index is 3.05. The van der Waals surface area contributed by atoms with Crippen LogP contribution in [-0.2, 0) is 4.84 Å². The standard InChI is InChI=1S/C22H47NO/c1-5-6-7-8-9-10-11-12-13-14-15-16-17-18-19-20-21-22(2)24-23(3)4/h22H,5-21H2,1-4H3. The molecule has 0 aromatic rings. The molecule has 0 saturated heterocycles. The summed E-state index contributed by atoms with van der Waals surface area (Å²) in [5.74, 6) is 0. The molecule has 0 amide bonds. The molecule has 0 aliphatic carbocycles. The smallest absolute Gasteiger partial charge is 0.0764 e. The first-order valence-corrected chi connectivity index (χ1v) is 11.0. The van der Waals surface area contributed by atoms with Crippen molar-refractivity contribution < 1.29 is 4.84 Å². The van der Waals surface area contributed by atoms with Crippen molar-refractivity contribution in [3.05, 3.63) is 0 Å². The summed E-state index contributed by atoms with van der Waals surface area (Å²) >= 11 is 0. The van der Waals surface area contributed by atoms with Crippen molar-refractivity contribution in [3.8, 4) is 0 Å². The maximum Gasteiger partial charge on any atom is 0.0764 e. The highest BCUT2D eigenvalue weighted by Gasteiger charge is 2.03. The van der Waals surface area contributed by atoms with E-state index in [1.807, 2.05) is 19.2 Å². The normalized spacial score (nSPS) is 12.9. The van der Waals surface area contributed by atoms with Crippen molar-refractivity contribution >= 4 is 0 Å². The van der Waals surface area contributed by atoms with Gasteiger partial charge in [0.05, 0.1) is 6.10 Å². The van der Waals surface area contributed by atoms with Crippen LogP contribution in [0.25, 0.3) is 0 Å². The second-order valence-electron chi connectivity index (χ2n) is 7.82. The molecule has 0 aliphatic heterocycles. The van der Waals surface area contributed by atoms with Crippen LogP contribution in [0.5, 0.6) is 0 Å². The van der Waals surface area contributed by atoms with Gasteiger partial charge in [0.15, 0.2) is 0 Å². The van der Waals surface area contributed by atoms with Gasteiger partial charge in [0.2, 0.25) is 0 Å². The van der Waals surface area contributed by atoms with Crippen LogP contribution in [0, 0.1) is 0 Å². The van der Waals surface area contributed by atoms with E-state index >= 15 is 0 Å². The first-order valence-electron chi connectivity index (χ1n) is 11.0. The predicted octanol–water partition coefficient (Wildman–Crippen LogP) is 7.52. The minimum absolute atomic E-state index is 0.367. The third-order valence-electron chi connectivity index (χ3n) is 4.85. The lowest BCUT2D eigenvalue weighted by atomic mass is 10.0. The van der Waals surface area contributed by atoms with Crippen molar-refractivity contribution in [2.24, 2.45) is 0 Å². The van der Waals surface area contributed by atoms with Gasteiger partial charge in [-0.3, -0.25) is 4.84 Å². The molecule has 0 aliphatic rings. The third kappa shape index (κ3) is 20.0. The summed E-state index contributed by atoms with van der Waals surface area (Å²) in [5.41, 5.74) is 0. The summed E-state index contributed by atoms with van der Waals surface area (Å²) in [6, 6.07) is 0. The Hall–Kier alpha value is -0.0800. The lowest BCUT2D eigenvalue weighted by Crippen LogP contribution is -2.20. The maximum atomic E-state index is 5.61. The minimum atomic E-state index is 0.367. The van der Waals surface area contributed by atoms with E-state index < -0.39 is 0 Å². The van der Waals surface area contributed by atoms with Gasteiger partial charge in [-0.05, 0) is 13.3 Å². The number of unbranched alkanes of at least 4 members (excludes halogenated alkanes) is 15. The molecule has 1 unspecified atom stereocenters. The van der Waals surface area contributed by atoms with E-state index in [-0.39, 0.29) is 0 Å². The summed E-state index contributed by atoms with van der Waals surface area (Å²) in [6.07, 6.45) is 24.5. The van der Waals surface area contributed by atoms with Crippen LogP contribution in [0.3, 0.4) is 0 Å². The van der Waals surface area contributed by atoms with Crippen LogP contribution in [0.15, 0.2) is 0 Å². The summed E-state index contributed by atoms with van der Waals surface area (Å²) in [6.45, 7) is 4.47. The SMILES string of the molecule is CCCCCCCCCCCCCCCCCCC(C)ON(C)C. The Morgan fingerprint density at radius 1 is 0.583 bits per heavy atom. The zero-order chi connectivity index (χ0) is 17.9. The Morgan fingerprint density at radius 3 is 1.25 bits per heavy atom. The third-order valence-corrected chi connectivity index (χ3v) is 4.85. The van der Waals surface area contributed by atoms with Crippen LogP contribution in [0.4, 0.5) is 0 Å². The Bertz CT molecular complexity index is 230. The van der Waals surface area contributed by atoms with E-state index in [1.165, 1.54) is 109 Å². The highest BCUT2D eigenvalue weighted by molar-refractivity contribution is 4.52. The summed E-state index contributed by atoms with van der Waals surface area (Å²) in [4.78, 5) is 5.61. The Morgan fingerprint density at radius 2 is 0.917 bits per heavy atom. The molecule has 0 fully saturated rings.